The molecule has 1 heterocycles. The molecular weight excluding hydrogens is 405 g/mol. The molecule has 1 aromatic heterocycles. The summed E-state index contributed by atoms with van der Waals surface area (Å²) in [4.78, 5) is 20.1. The Bertz CT molecular complexity index is 950. The lowest BCUT2D eigenvalue weighted by Gasteiger charge is -2.47. The molecule has 2 atom stereocenters. The molecule has 3 fully saturated rings. The number of halogens is 2. The summed E-state index contributed by atoms with van der Waals surface area (Å²) in [5.41, 5.74) is 1.84. The highest BCUT2D eigenvalue weighted by atomic mass is 35.5. The Kier molecular flexibility index (Phi) is 5.47. The van der Waals surface area contributed by atoms with E-state index in [4.69, 9.17) is 11.6 Å². The molecule has 30 heavy (non-hydrogen) atoms. The van der Waals surface area contributed by atoms with Crippen molar-refractivity contribution in [2.24, 2.45) is 17.8 Å². The third-order valence-electron chi connectivity index (χ3n) is 6.66. The van der Waals surface area contributed by atoms with Gasteiger partial charge in [-0.3, -0.25) is 4.79 Å². The third-order valence-corrected chi connectivity index (χ3v) is 6.82. The minimum absolute atomic E-state index is 0.0146. The van der Waals surface area contributed by atoms with Gasteiger partial charge in [-0.1, -0.05) is 45.0 Å². The molecule has 3 saturated carbocycles. The molecule has 0 radical (unpaired) electrons. The molecule has 1 aromatic carbocycles. The summed E-state index contributed by atoms with van der Waals surface area (Å²) >= 11 is 6.13. The van der Waals surface area contributed by atoms with E-state index in [0.29, 0.717) is 5.56 Å². The van der Waals surface area contributed by atoms with Gasteiger partial charge in [-0.2, -0.15) is 4.98 Å². The Balaban J connectivity index is 1.67. The van der Waals surface area contributed by atoms with E-state index in [9.17, 15) is 9.90 Å². The van der Waals surface area contributed by atoms with Crippen molar-refractivity contribution in [1.82, 2.24) is 9.97 Å². The minimum Gasteiger partial charge on any atom is -0.481 e. The molecule has 7 heteroatoms. The quantitative estimate of drug-likeness (QED) is 0.622. The molecule has 0 amide bonds. The van der Waals surface area contributed by atoms with Crippen LogP contribution in [0.2, 0.25) is 5.28 Å². The summed E-state index contributed by atoms with van der Waals surface area (Å²) in [5.74, 6) is -1.68. The molecule has 5 rings (SSSR count). The first-order valence-corrected chi connectivity index (χ1v) is 10.9. The van der Waals surface area contributed by atoms with E-state index in [2.05, 4.69) is 36.1 Å². The van der Waals surface area contributed by atoms with E-state index in [0.717, 1.165) is 31.2 Å². The summed E-state index contributed by atoms with van der Waals surface area (Å²) in [6.45, 7) is 6.34. The van der Waals surface area contributed by atoms with Crippen LogP contribution in [0.1, 0.15) is 52.0 Å². The first-order valence-electron chi connectivity index (χ1n) is 10.5. The number of nitrogens with one attached hydrogen (secondary N) is 1. The maximum absolute atomic E-state index is 15.4. The van der Waals surface area contributed by atoms with Gasteiger partial charge in [0.05, 0.1) is 5.92 Å². The van der Waals surface area contributed by atoms with Crippen molar-refractivity contribution in [3.63, 3.8) is 0 Å². The maximum Gasteiger partial charge on any atom is 0.308 e. The van der Waals surface area contributed by atoms with Crippen LogP contribution in [-0.4, -0.2) is 27.1 Å². The minimum atomic E-state index is -0.833. The van der Waals surface area contributed by atoms with Gasteiger partial charge >= 0.3 is 5.97 Å². The number of carboxylic acid groups (broad SMARTS) is 1. The number of carboxylic acids is 1. The predicted octanol–water partition coefficient (Wildman–Crippen LogP) is 5.53. The van der Waals surface area contributed by atoms with Crippen LogP contribution in [0.4, 0.5) is 10.2 Å². The highest BCUT2D eigenvalue weighted by molar-refractivity contribution is 6.28. The largest absolute Gasteiger partial charge is 0.481 e. The zero-order valence-electron chi connectivity index (χ0n) is 17.5. The Morgan fingerprint density at radius 1 is 1.10 bits per heavy atom. The molecule has 3 aliphatic rings. The fourth-order valence-electron chi connectivity index (χ4n) is 5.01. The van der Waals surface area contributed by atoms with Crippen LogP contribution in [0.15, 0.2) is 24.3 Å². The van der Waals surface area contributed by atoms with E-state index in [-0.39, 0.29) is 40.1 Å². The number of rotatable bonds is 4. The number of aromatic nitrogens is 2. The molecule has 2 aromatic rings. The van der Waals surface area contributed by atoms with Crippen molar-refractivity contribution in [2.45, 2.75) is 57.9 Å². The molecule has 160 valence electrons. The van der Waals surface area contributed by atoms with Crippen LogP contribution < -0.4 is 5.32 Å². The van der Waals surface area contributed by atoms with Crippen molar-refractivity contribution in [2.75, 3.05) is 5.32 Å². The molecule has 2 bridgehead atoms. The maximum atomic E-state index is 15.4. The monoisotopic (exact) mass is 431 g/mol. The standard InChI is InChI=1S/C23H27ClFN3O2/c1-23(2,3)15-10-8-14(9-11-15)19-17(25)20(28-22(24)27-19)26-18-13-6-4-12(5-7-13)16(18)21(29)30/h8-13,16,18H,4-7H2,1-3H3,(H,29,30)(H,26,27,28). The second-order valence-corrected chi connectivity index (χ2v) is 9.88. The number of hydrogen-bond donors (Lipinski definition) is 2. The van der Waals surface area contributed by atoms with Crippen LogP contribution in [0.25, 0.3) is 11.3 Å². The summed E-state index contributed by atoms with van der Waals surface area (Å²) in [6.07, 6.45) is 3.73. The lowest BCUT2D eigenvalue weighted by atomic mass is 9.61. The first kappa shape index (κ1) is 21.0. The zero-order chi connectivity index (χ0) is 21.6. The van der Waals surface area contributed by atoms with Gasteiger partial charge in [0.2, 0.25) is 5.28 Å². The average Bonchev–Trinajstić information content (AvgIpc) is 2.70. The number of fused-ring (bicyclic) bond motifs is 3. The molecule has 5 nitrogen and oxygen atoms in total. The third kappa shape index (κ3) is 3.89. The average molecular weight is 432 g/mol. The first-order chi connectivity index (χ1) is 14.1. The van der Waals surface area contributed by atoms with Crippen molar-refractivity contribution in [1.29, 1.82) is 0 Å². The Hall–Kier alpha value is -2.21. The summed E-state index contributed by atoms with van der Waals surface area (Å²) < 4.78 is 15.4. The van der Waals surface area contributed by atoms with Gasteiger partial charge in [0.15, 0.2) is 11.6 Å². The number of hydrogen-bond acceptors (Lipinski definition) is 4. The number of aliphatic carboxylic acids is 1. The highest BCUT2D eigenvalue weighted by Gasteiger charge is 2.47. The normalized spacial score (nSPS) is 25.9. The molecular formula is C23H27ClFN3O2. The smallest absolute Gasteiger partial charge is 0.308 e. The van der Waals surface area contributed by atoms with Crippen LogP contribution in [0, 0.1) is 23.6 Å². The van der Waals surface area contributed by atoms with Gasteiger partial charge in [-0.15, -0.1) is 0 Å². The highest BCUT2D eigenvalue weighted by Crippen LogP contribution is 2.46. The summed E-state index contributed by atoms with van der Waals surface area (Å²) in [6, 6.07) is 7.21. The van der Waals surface area contributed by atoms with E-state index in [1.165, 1.54) is 0 Å². The van der Waals surface area contributed by atoms with Gasteiger partial charge in [-0.25, -0.2) is 9.37 Å². The van der Waals surface area contributed by atoms with Crippen molar-refractivity contribution in [3.8, 4) is 11.3 Å². The van der Waals surface area contributed by atoms with Gasteiger partial charge < -0.3 is 10.4 Å². The molecule has 3 aliphatic carbocycles. The number of nitrogens with zero attached hydrogens (tertiary/aromatic N) is 2. The zero-order valence-corrected chi connectivity index (χ0v) is 18.2. The summed E-state index contributed by atoms with van der Waals surface area (Å²) in [5, 5.41) is 12.8. The fourth-order valence-corrected chi connectivity index (χ4v) is 5.17. The van der Waals surface area contributed by atoms with Gasteiger partial charge in [0.1, 0.15) is 5.69 Å². The van der Waals surface area contributed by atoms with Crippen LogP contribution in [-0.2, 0) is 10.2 Å². The predicted molar refractivity (Wildman–Crippen MR) is 115 cm³/mol. The van der Waals surface area contributed by atoms with E-state index in [1.807, 2.05) is 24.3 Å². The molecule has 2 N–H and O–H groups in total. The lowest BCUT2D eigenvalue weighted by Crippen LogP contribution is -2.51. The summed E-state index contributed by atoms with van der Waals surface area (Å²) in [7, 11) is 0. The Morgan fingerprint density at radius 3 is 2.27 bits per heavy atom. The SMILES string of the molecule is CC(C)(C)c1ccc(-c2nc(Cl)nc(NC3C4CCC(CC4)C3C(=O)O)c2F)cc1. The van der Waals surface area contributed by atoms with E-state index < -0.39 is 17.7 Å². The van der Waals surface area contributed by atoms with Crippen molar-refractivity contribution < 1.29 is 14.3 Å². The van der Waals surface area contributed by atoms with Gasteiger partial charge in [0, 0.05) is 11.6 Å². The Labute approximate surface area is 181 Å². The van der Waals surface area contributed by atoms with Crippen molar-refractivity contribution >= 4 is 23.4 Å². The molecule has 0 spiro atoms. The number of benzene rings is 1. The van der Waals surface area contributed by atoms with E-state index >= 15 is 4.39 Å². The van der Waals surface area contributed by atoms with E-state index in [1.54, 1.807) is 0 Å². The fraction of sp³-hybridized carbons (Fsp3) is 0.522. The van der Waals surface area contributed by atoms with Gasteiger partial charge in [-0.05, 0) is 60.1 Å². The number of carbonyl (C=O) groups is 1. The van der Waals surface area contributed by atoms with Crippen LogP contribution in [0.5, 0.6) is 0 Å². The molecule has 0 saturated heterocycles. The Morgan fingerprint density at radius 2 is 1.70 bits per heavy atom. The molecule has 2 unspecified atom stereocenters. The lowest BCUT2D eigenvalue weighted by molar-refractivity contribution is -0.148. The van der Waals surface area contributed by atoms with Crippen LogP contribution in [0.3, 0.4) is 0 Å². The van der Waals surface area contributed by atoms with Gasteiger partial charge in [0.25, 0.3) is 0 Å². The second-order valence-electron chi connectivity index (χ2n) is 9.54. The topological polar surface area (TPSA) is 75.1 Å². The van der Waals surface area contributed by atoms with Crippen LogP contribution >= 0.6 is 11.6 Å². The second kappa shape index (κ2) is 7.80. The molecule has 0 aliphatic heterocycles. The number of anilines is 1. The van der Waals surface area contributed by atoms with Crippen molar-refractivity contribution in [3.05, 3.63) is 40.9 Å².